The Hall–Kier alpha value is -2.96. The molecule has 2 N–H and O–H groups in total. The quantitative estimate of drug-likeness (QED) is 0.727. The van der Waals surface area contributed by atoms with E-state index in [2.05, 4.69) is 25.2 Å². The van der Waals surface area contributed by atoms with Crippen LogP contribution in [-0.4, -0.2) is 40.5 Å². The third-order valence-electron chi connectivity index (χ3n) is 5.05. The van der Waals surface area contributed by atoms with E-state index in [0.29, 0.717) is 25.5 Å². The summed E-state index contributed by atoms with van der Waals surface area (Å²) in [6.07, 6.45) is 7.85. The van der Waals surface area contributed by atoms with Gasteiger partial charge >= 0.3 is 0 Å². The third kappa shape index (κ3) is 3.92. The maximum atomic E-state index is 13.3. The van der Waals surface area contributed by atoms with E-state index in [9.17, 15) is 9.18 Å². The zero-order chi connectivity index (χ0) is 18.6. The number of anilines is 1. The average molecular weight is 367 g/mol. The Kier molecular flexibility index (Phi) is 5.00. The number of nitrogens with one attached hydrogen (secondary N) is 2. The van der Waals surface area contributed by atoms with Crippen molar-refractivity contribution in [3.05, 3.63) is 54.2 Å². The molecule has 0 unspecified atom stereocenters. The van der Waals surface area contributed by atoms with Gasteiger partial charge in [-0.3, -0.25) is 4.79 Å². The highest BCUT2D eigenvalue weighted by Crippen LogP contribution is 2.21. The van der Waals surface area contributed by atoms with E-state index in [4.69, 9.17) is 0 Å². The smallest absolute Gasteiger partial charge is 0.225 e. The van der Waals surface area contributed by atoms with Crippen LogP contribution in [0.2, 0.25) is 0 Å². The molecule has 1 fully saturated rings. The molecule has 1 aromatic carbocycles. The molecular formula is C20H22FN5O. The van der Waals surface area contributed by atoms with E-state index in [1.54, 1.807) is 24.5 Å². The summed E-state index contributed by atoms with van der Waals surface area (Å²) in [5.74, 6) is 0.440. The number of carbonyl (C=O) groups excluding carboxylic acids is 1. The molecule has 1 saturated heterocycles. The number of rotatable bonds is 5. The van der Waals surface area contributed by atoms with Gasteiger partial charge in [0.1, 0.15) is 5.82 Å². The van der Waals surface area contributed by atoms with Crippen LogP contribution in [0.5, 0.6) is 0 Å². The predicted molar refractivity (Wildman–Crippen MR) is 102 cm³/mol. The fraction of sp³-hybridized carbons (Fsp3) is 0.350. The summed E-state index contributed by atoms with van der Waals surface area (Å²) in [5, 5.41) is 4.04. The molecule has 3 aromatic rings. The number of aromatic amines is 1. The van der Waals surface area contributed by atoms with Crippen LogP contribution in [0.25, 0.3) is 10.9 Å². The van der Waals surface area contributed by atoms with Gasteiger partial charge in [-0.25, -0.2) is 14.4 Å². The van der Waals surface area contributed by atoms with Crippen molar-refractivity contribution in [2.45, 2.75) is 19.3 Å². The molecule has 140 valence electrons. The number of hydrogen-bond acceptors (Lipinski definition) is 4. The van der Waals surface area contributed by atoms with Gasteiger partial charge in [0.05, 0.1) is 5.92 Å². The van der Waals surface area contributed by atoms with E-state index in [1.807, 2.05) is 6.20 Å². The second-order valence-corrected chi connectivity index (χ2v) is 6.88. The minimum absolute atomic E-state index is 0.0559. The molecule has 27 heavy (non-hydrogen) atoms. The Labute approximate surface area is 156 Å². The molecule has 1 aliphatic rings. The van der Waals surface area contributed by atoms with Crippen molar-refractivity contribution in [3.63, 3.8) is 0 Å². The summed E-state index contributed by atoms with van der Waals surface area (Å²) in [4.78, 5) is 26.3. The Morgan fingerprint density at radius 3 is 3.04 bits per heavy atom. The summed E-state index contributed by atoms with van der Waals surface area (Å²) < 4.78 is 13.3. The maximum absolute atomic E-state index is 13.3. The molecule has 1 amide bonds. The number of amides is 1. The zero-order valence-corrected chi connectivity index (χ0v) is 15.0. The first-order chi connectivity index (χ1) is 13.2. The number of fused-ring (bicyclic) bond motifs is 1. The molecule has 7 heteroatoms. The molecule has 0 spiro atoms. The van der Waals surface area contributed by atoms with Gasteiger partial charge < -0.3 is 15.2 Å². The van der Waals surface area contributed by atoms with Gasteiger partial charge in [0, 0.05) is 49.1 Å². The minimum Gasteiger partial charge on any atom is -0.361 e. The van der Waals surface area contributed by atoms with Gasteiger partial charge in [-0.2, -0.15) is 0 Å². The van der Waals surface area contributed by atoms with Crippen LogP contribution in [0.1, 0.15) is 18.4 Å². The molecule has 0 bridgehead atoms. The van der Waals surface area contributed by atoms with Crippen LogP contribution >= 0.6 is 0 Å². The number of halogens is 1. The number of piperidine rings is 1. The number of hydrogen-bond donors (Lipinski definition) is 2. The number of benzene rings is 1. The van der Waals surface area contributed by atoms with Crippen LogP contribution < -0.4 is 10.2 Å². The molecule has 2 aromatic heterocycles. The number of H-pyrrole nitrogens is 1. The van der Waals surface area contributed by atoms with Crippen molar-refractivity contribution in [3.8, 4) is 0 Å². The average Bonchev–Trinajstić information content (AvgIpc) is 3.10. The number of carbonyl (C=O) groups is 1. The van der Waals surface area contributed by atoms with Crippen molar-refractivity contribution in [2.75, 3.05) is 24.5 Å². The lowest BCUT2D eigenvalue weighted by Gasteiger charge is -2.31. The molecule has 0 saturated carbocycles. The highest BCUT2D eigenvalue weighted by atomic mass is 19.1. The molecule has 3 heterocycles. The Morgan fingerprint density at radius 2 is 2.19 bits per heavy atom. The fourth-order valence-electron chi connectivity index (χ4n) is 3.66. The first-order valence-electron chi connectivity index (χ1n) is 9.26. The van der Waals surface area contributed by atoms with E-state index in [0.717, 1.165) is 35.9 Å². The summed E-state index contributed by atoms with van der Waals surface area (Å²) in [5.41, 5.74) is 1.86. The third-order valence-corrected chi connectivity index (χ3v) is 5.05. The minimum atomic E-state index is -0.256. The van der Waals surface area contributed by atoms with Gasteiger partial charge in [-0.15, -0.1) is 0 Å². The zero-order valence-electron chi connectivity index (χ0n) is 15.0. The van der Waals surface area contributed by atoms with Crippen LogP contribution in [0.4, 0.5) is 10.3 Å². The van der Waals surface area contributed by atoms with Crippen molar-refractivity contribution < 1.29 is 9.18 Å². The van der Waals surface area contributed by atoms with Crippen LogP contribution in [-0.2, 0) is 11.2 Å². The van der Waals surface area contributed by atoms with Crippen molar-refractivity contribution in [1.29, 1.82) is 0 Å². The summed E-state index contributed by atoms with van der Waals surface area (Å²) in [6.45, 7) is 2.07. The van der Waals surface area contributed by atoms with E-state index in [-0.39, 0.29) is 17.6 Å². The number of nitrogens with zero attached hydrogens (tertiary/aromatic N) is 3. The largest absolute Gasteiger partial charge is 0.361 e. The lowest BCUT2D eigenvalue weighted by Crippen LogP contribution is -2.44. The Balaban J connectivity index is 1.32. The highest BCUT2D eigenvalue weighted by molar-refractivity contribution is 5.83. The lowest BCUT2D eigenvalue weighted by atomic mass is 9.97. The van der Waals surface area contributed by atoms with Gasteiger partial charge in [0.2, 0.25) is 11.9 Å². The molecule has 4 rings (SSSR count). The molecule has 0 radical (unpaired) electrons. The Morgan fingerprint density at radius 1 is 1.33 bits per heavy atom. The Bertz CT molecular complexity index is 927. The normalized spacial score (nSPS) is 17.2. The predicted octanol–water partition coefficient (Wildman–Crippen LogP) is 2.67. The van der Waals surface area contributed by atoms with E-state index < -0.39 is 0 Å². The van der Waals surface area contributed by atoms with Gasteiger partial charge in [-0.1, -0.05) is 0 Å². The fourth-order valence-corrected chi connectivity index (χ4v) is 3.66. The second-order valence-electron chi connectivity index (χ2n) is 6.88. The van der Waals surface area contributed by atoms with E-state index in [1.165, 1.54) is 12.1 Å². The van der Waals surface area contributed by atoms with Gasteiger partial charge in [0.25, 0.3) is 0 Å². The SMILES string of the molecule is O=C(NCCc1c[nH]c2cc(F)ccc12)[C@H]1CCCN(c2ncccn2)C1. The molecule has 1 aliphatic heterocycles. The standard InChI is InChI=1S/C20H22FN5O/c21-16-4-5-17-14(12-25-18(17)11-16)6-9-22-19(27)15-3-1-10-26(13-15)20-23-7-2-8-24-20/h2,4-5,7-8,11-12,15,25H,1,3,6,9-10,13H2,(H,22,27)/t15-/m0/s1. The van der Waals surface area contributed by atoms with Gasteiger partial charge in [-0.05, 0) is 49.1 Å². The maximum Gasteiger partial charge on any atom is 0.225 e. The van der Waals surface area contributed by atoms with Gasteiger partial charge in [0.15, 0.2) is 0 Å². The first-order valence-corrected chi connectivity index (χ1v) is 9.26. The van der Waals surface area contributed by atoms with Crippen LogP contribution in [0, 0.1) is 11.7 Å². The molecule has 6 nitrogen and oxygen atoms in total. The summed E-state index contributed by atoms with van der Waals surface area (Å²) >= 11 is 0. The van der Waals surface area contributed by atoms with Crippen LogP contribution in [0.15, 0.2) is 42.9 Å². The van der Waals surface area contributed by atoms with Crippen molar-refractivity contribution in [2.24, 2.45) is 5.92 Å². The lowest BCUT2D eigenvalue weighted by molar-refractivity contribution is -0.125. The highest BCUT2D eigenvalue weighted by Gasteiger charge is 2.26. The van der Waals surface area contributed by atoms with E-state index >= 15 is 0 Å². The van der Waals surface area contributed by atoms with Crippen molar-refractivity contribution >= 4 is 22.8 Å². The molecular weight excluding hydrogens is 345 g/mol. The van der Waals surface area contributed by atoms with Crippen LogP contribution in [0.3, 0.4) is 0 Å². The monoisotopic (exact) mass is 367 g/mol. The van der Waals surface area contributed by atoms with Crippen molar-refractivity contribution in [1.82, 2.24) is 20.3 Å². The molecule has 0 aliphatic carbocycles. The topological polar surface area (TPSA) is 73.9 Å². The first kappa shape index (κ1) is 17.5. The number of aromatic nitrogens is 3. The second kappa shape index (κ2) is 7.73. The molecule has 1 atom stereocenters. The summed E-state index contributed by atoms with van der Waals surface area (Å²) in [6, 6.07) is 6.51. The summed E-state index contributed by atoms with van der Waals surface area (Å²) in [7, 11) is 0.